The van der Waals surface area contributed by atoms with Crippen LogP contribution < -0.4 is 15.5 Å². The monoisotopic (exact) mass is 471 g/mol. The third-order valence-electron chi connectivity index (χ3n) is 6.25. The number of fused-ring (bicyclic) bond motifs is 1. The molecule has 8 heteroatoms. The lowest BCUT2D eigenvalue weighted by Gasteiger charge is -2.31. The molecule has 33 heavy (non-hydrogen) atoms. The van der Waals surface area contributed by atoms with Gasteiger partial charge in [0.15, 0.2) is 0 Å². The number of rotatable bonds is 7. The summed E-state index contributed by atoms with van der Waals surface area (Å²) in [4.78, 5) is 29.4. The summed E-state index contributed by atoms with van der Waals surface area (Å²) in [6.45, 7) is 9.21. The number of esters is 1. The molecule has 0 unspecified atom stereocenters. The second-order valence-electron chi connectivity index (χ2n) is 8.75. The highest BCUT2D eigenvalue weighted by Gasteiger charge is 2.30. The van der Waals surface area contributed by atoms with E-state index in [0.717, 1.165) is 49.3 Å². The summed E-state index contributed by atoms with van der Waals surface area (Å²) in [6.07, 6.45) is 2.82. The number of para-hydroxylation sites is 2. The number of carbonyl (C=O) groups is 2. The minimum Gasteiger partial charge on any atom is -0.462 e. The molecule has 1 aliphatic carbocycles. The molecule has 2 heterocycles. The summed E-state index contributed by atoms with van der Waals surface area (Å²) in [5, 5.41) is 6.99. The molecule has 2 aliphatic rings. The Morgan fingerprint density at radius 2 is 2.03 bits per heavy atom. The molecule has 2 N–H and O–H groups in total. The Labute approximate surface area is 199 Å². The van der Waals surface area contributed by atoms with Crippen LogP contribution in [0.3, 0.4) is 0 Å². The van der Waals surface area contributed by atoms with Gasteiger partial charge in [0.25, 0.3) is 0 Å². The fourth-order valence-electron chi connectivity index (χ4n) is 4.45. The maximum Gasteiger partial charge on any atom is 0.341 e. The highest BCUT2D eigenvalue weighted by Crippen LogP contribution is 2.40. The van der Waals surface area contributed by atoms with E-state index in [0.29, 0.717) is 36.3 Å². The Balaban J connectivity index is 1.51. The second kappa shape index (κ2) is 10.6. The molecule has 1 saturated heterocycles. The summed E-state index contributed by atoms with van der Waals surface area (Å²) >= 11 is 1.52. The van der Waals surface area contributed by atoms with Crippen LogP contribution in [0.2, 0.25) is 0 Å². The minimum absolute atomic E-state index is 0.177. The maximum atomic E-state index is 13.2. The van der Waals surface area contributed by atoms with Gasteiger partial charge in [-0.25, -0.2) is 4.79 Å². The first-order chi connectivity index (χ1) is 16.0. The van der Waals surface area contributed by atoms with Crippen LogP contribution in [0.25, 0.3) is 0 Å². The smallest absolute Gasteiger partial charge is 0.341 e. The van der Waals surface area contributed by atoms with Crippen molar-refractivity contribution in [1.29, 1.82) is 0 Å². The summed E-state index contributed by atoms with van der Waals surface area (Å²) < 4.78 is 10.8. The summed E-state index contributed by atoms with van der Waals surface area (Å²) in [5.41, 5.74) is 3.56. The Morgan fingerprint density at radius 3 is 2.79 bits per heavy atom. The third kappa shape index (κ3) is 5.33. The van der Waals surface area contributed by atoms with E-state index in [9.17, 15) is 9.59 Å². The Kier molecular flexibility index (Phi) is 7.55. The normalized spacial score (nSPS) is 18.9. The van der Waals surface area contributed by atoms with Gasteiger partial charge in [-0.3, -0.25) is 4.79 Å². The standard InChI is InChI=1S/C25H33N3O4S/c1-4-32-25(30)22-18-10-9-16(2)15-21(18)33-24(22)27-23(29)17(3)26-19-7-5-6-8-20(19)28-11-13-31-14-12-28/h5-8,16-17,26H,4,9-15H2,1-3H3,(H,27,29)/t16-,17+/m1/s1. The first kappa shape index (κ1) is 23.6. The molecular weight excluding hydrogens is 438 g/mol. The Hall–Kier alpha value is -2.58. The average Bonchev–Trinajstić information content (AvgIpc) is 3.17. The number of ether oxygens (including phenoxy) is 2. The number of hydrogen-bond donors (Lipinski definition) is 2. The van der Waals surface area contributed by atoms with Crippen molar-refractivity contribution in [3.63, 3.8) is 0 Å². The summed E-state index contributed by atoms with van der Waals surface area (Å²) in [5.74, 6) is 0.0501. The SMILES string of the molecule is CCOC(=O)c1c(NC(=O)[C@H](C)Nc2ccccc2N2CCOCC2)sc2c1CC[C@@H](C)C2. The van der Waals surface area contributed by atoms with Crippen molar-refractivity contribution in [3.05, 3.63) is 40.3 Å². The molecule has 1 fully saturated rings. The highest BCUT2D eigenvalue weighted by molar-refractivity contribution is 7.17. The molecule has 4 rings (SSSR count). The molecule has 0 radical (unpaired) electrons. The van der Waals surface area contributed by atoms with Crippen molar-refractivity contribution in [3.8, 4) is 0 Å². The highest BCUT2D eigenvalue weighted by atomic mass is 32.1. The van der Waals surface area contributed by atoms with Gasteiger partial charge in [-0.05, 0) is 56.7 Å². The average molecular weight is 472 g/mol. The van der Waals surface area contributed by atoms with Crippen LogP contribution in [0, 0.1) is 5.92 Å². The molecule has 0 saturated carbocycles. The van der Waals surface area contributed by atoms with E-state index in [1.54, 1.807) is 6.92 Å². The van der Waals surface area contributed by atoms with Crippen LogP contribution in [-0.2, 0) is 27.1 Å². The van der Waals surface area contributed by atoms with E-state index in [4.69, 9.17) is 9.47 Å². The molecule has 7 nitrogen and oxygen atoms in total. The van der Waals surface area contributed by atoms with Crippen LogP contribution in [-0.4, -0.2) is 50.8 Å². The summed E-state index contributed by atoms with van der Waals surface area (Å²) in [7, 11) is 0. The molecule has 2 atom stereocenters. The molecule has 1 aromatic heterocycles. The van der Waals surface area contributed by atoms with Crippen molar-refractivity contribution in [2.75, 3.05) is 48.4 Å². The predicted molar refractivity (Wildman–Crippen MR) is 133 cm³/mol. The molecular formula is C25H33N3O4S. The fraction of sp³-hybridized carbons (Fsp3) is 0.520. The molecule has 0 spiro atoms. The van der Waals surface area contributed by atoms with E-state index < -0.39 is 6.04 Å². The van der Waals surface area contributed by atoms with Gasteiger partial charge in [-0.1, -0.05) is 19.1 Å². The van der Waals surface area contributed by atoms with Crippen LogP contribution in [0.4, 0.5) is 16.4 Å². The van der Waals surface area contributed by atoms with E-state index in [1.807, 2.05) is 25.1 Å². The number of amides is 1. The minimum atomic E-state index is -0.486. The number of anilines is 3. The molecule has 178 valence electrons. The quantitative estimate of drug-likeness (QED) is 0.586. The van der Waals surface area contributed by atoms with Gasteiger partial charge >= 0.3 is 5.97 Å². The zero-order chi connectivity index (χ0) is 23.4. The fourth-order valence-corrected chi connectivity index (χ4v) is 5.85. The molecule has 0 bridgehead atoms. The molecule has 2 aromatic rings. The van der Waals surface area contributed by atoms with E-state index >= 15 is 0 Å². The van der Waals surface area contributed by atoms with Crippen molar-refractivity contribution >= 4 is 39.6 Å². The van der Waals surface area contributed by atoms with Crippen LogP contribution in [0.15, 0.2) is 24.3 Å². The summed E-state index contributed by atoms with van der Waals surface area (Å²) in [6, 6.07) is 7.53. The number of nitrogens with one attached hydrogen (secondary N) is 2. The predicted octanol–water partition coefficient (Wildman–Crippen LogP) is 4.33. The number of hydrogen-bond acceptors (Lipinski definition) is 7. The zero-order valence-corrected chi connectivity index (χ0v) is 20.4. The lowest BCUT2D eigenvalue weighted by molar-refractivity contribution is -0.116. The van der Waals surface area contributed by atoms with Gasteiger partial charge < -0.3 is 25.0 Å². The van der Waals surface area contributed by atoms with Gasteiger partial charge in [0.1, 0.15) is 11.0 Å². The first-order valence-corrected chi connectivity index (χ1v) is 12.6. The van der Waals surface area contributed by atoms with Crippen LogP contribution >= 0.6 is 11.3 Å². The van der Waals surface area contributed by atoms with Crippen molar-refractivity contribution in [1.82, 2.24) is 0 Å². The van der Waals surface area contributed by atoms with E-state index in [2.05, 4.69) is 28.5 Å². The second-order valence-corrected chi connectivity index (χ2v) is 9.85. The van der Waals surface area contributed by atoms with Crippen molar-refractivity contribution in [2.24, 2.45) is 5.92 Å². The van der Waals surface area contributed by atoms with Gasteiger partial charge in [-0.15, -0.1) is 11.3 Å². The lowest BCUT2D eigenvalue weighted by Crippen LogP contribution is -2.37. The first-order valence-electron chi connectivity index (χ1n) is 11.8. The van der Waals surface area contributed by atoms with E-state index in [1.165, 1.54) is 16.2 Å². The number of nitrogens with zero attached hydrogens (tertiary/aromatic N) is 1. The van der Waals surface area contributed by atoms with Gasteiger partial charge in [0.2, 0.25) is 5.91 Å². The Morgan fingerprint density at radius 1 is 1.27 bits per heavy atom. The Bertz CT molecular complexity index is 1000. The molecule has 1 aromatic carbocycles. The maximum absolute atomic E-state index is 13.2. The third-order valence-corrected chi connectivity index (χ3v) is 7.42. The van der Waals surface area contributed by atoms with Crippen molar-refractivity contribution in [2.45, 2.75) is 46.1 Å². The van der Waals surface area contributed by atoms with Crippen LogP contribution in [0.5, 0.6) is 0 Å². The van der Waals surface area contributed by atoms with Gasteiger partial charge in [-0.2, -0.15) is 0 Å². The van der Waals surface area contributed by atoms with Gasteiger partial charge in [0.05, 0.1) is 36.8 Å². The van der Waals surface area contributed by atoms with Gasteiger partial charge in [0, 0.05) is 18.0 Å². The van der Waals surface area contributed by atoms with Crippen molar-refractivity contribution < 1.29 is 19.1 Å². The lowest BCUT2D eigenvalue weighted by atomic mass is 9.88. The molecule has 1 aliphatic heterocycles. The molecule has 1 amide bonds. The largest absolute Gasteiger partial charge is 0.462 e. The topological polar surface area (TPSA) is 79.9 Å². The number of benzene rings is 1. The van der Waals surface area contributed by atoms with E-state index in [-0.39, 0.29) is 11.9 Å². The number of carbonyl (C=O) groups excluding carboxylic acids is 2. The number of thiophene rings is 1. The van der Waals surface area contributed by atoms with Crippen LogP contribution in [0.1, 0.15) is 48.0 Å². The number of morpholine rings is 1. The zero-order valence-electron chi connectivity index (χ0n) is 19.6.